The van der Waals surface area contributed by atoms with Crippen LogP contribution in [0, 0.1) is 0 Å². The molecule has 1 unspecified atom stereocenters. The van der Waals surface area contributed by atoms with E-state index < -0.39 is 5.41 Å². The van der Waals surface area contributed by atoms with Crippen LogP contribution < -0.4 is 0 Å². The van der Waals surface area contributed by atoms with Gasteiger partial charge in [-0.3, -0.25) is 4.79 Å². The monoisotopic (exact) mass is 320 g/mol. The summed E-state index contributed by atoms with van der Waals surface area (Å²) in [5.41, 5.74) is 1.66. The first-order valence-corrected chi connectivity index (χ1v) is 8.32. The Bertz CT molecular complexity index is 608. The van der Waals surface area contributed by atoms with Crippen LogP contribution in [0.4, 0.5) is 0 Å². The van der Waals surface area contributed by atoms with Gasteiger partial charge in [0.15, 0.2) is 0 Å². The van der Waals surface area contributed by atoms with Crippen molar-refractivity contribution in [1.82, 2.24) is 0 Å². The zero-order chi connectivity index (χ0) is 15.7. The summed E-state index contributed by atoms with van der Waals surface area (Å²) in [6.45, 7) is 8.47. The molecule has 0 radical (unpaired) electrons. The van der Waals surface area contributed by atoms with Gasteiger partial charge in [0.1, 0.15) is 0 Å². The molecule has 2 aromatic rings. The van der Waals surface area contributed by atoms with Gasteiger partial charge in [0, 0.05) is 4.88 Å². The minimum absolute atomic E-state index is 0.105. The van der Waals surface area contributed by atoms with Crippen molar-refractivity contribution in [2.45, 2.75) is 44.9 Å². The minimum Gasteiger partial charge on any atom is -0.280 e. The fourth-order valence-electron chi connectivity index (χ4n) is 2.38. The first-order valence-electron chi connectivity index (χ1n) is 7.07. The van der Waals surface area contributed by atoms with E-state index in [4.69, 9.17) is 11.6 Å². The third kappa shape index (κ3) is 3.56. The first kappa shape index (κ1) is 16.3. The highest BCUT2D eigenvalue weighted by Gasteiger charge is 2.34. The molecular weight excluding hydrogens is 300 g/mol. The van der Waals surface area contributed by atoms with Crippen molar-refractivity contribution >= 4 is 28.2 Å². The summed E-state index contributed by atoms with van der Waals surface area (Å²) in [4.78, 5) is 13.2. The number of halogens is 1. The molecule has 0 aliphatic carbocycles. The van der Waals surface area contributed by atoms with E-state index in [0.717, 1.165) is 5.56 Å². The lowest BCUT2D eigenvalue weighted by atomic mass is 9.78. The quantitative estimate of drug-likeness (QED) is 0.697. The van der Waals surface area contributed by atoms with E-state index in [1.165, 1.54) is 10.4 Å². The molecule has 1 heterocycles. The number of hydrogen-bond acceptors (Lipinski definition) is 2. The third-order valence-electron chi connectivity index (χ3n) is 3.93. The molecule has 2 rings (SSSR count). The molecule has 21 heavy (non-hydrogen) atoms. The summed E-state index contributed by atoms with van der Waals surface area (Å²) in [6.07, 6.45) is 0.641. The molecule has 112 valence electrons. The smallest absolute Gasteiger partial charge is 0.232 e. The number of carbonyl (C=O) groups excluding carboxylic acids is 1. The molecule has 0 aliphatic heterocycles. The molecule has 1 atom stereocenters. The summed E-state index contributed by atoms with van der Waals surface area (Å²) < 4.78 is 0. The zero-order valence-corrected chi connectivity index (χ0v) is 14.5. The van der Waals surface area contributed by atoms with Gasteiger partial charge in [-0.05, 0) is 52.9 Å². The van der Waals surface area contributed by atoms with Crippen molar-refractivity contribution in [3.8, 4) is 0 Å². The van der Waals surface area contributed by atoms with Gasteiger partial charge < -0.3 is 0 Å². The van der Waals surface area contributed by atoms with Crippen LogP contribution in [0.25, 0.3) is 0 Å². The average Bonchev–Trinajstić information content (AvgIpc) is 2.90. The van der Waals surface area contributed by atoms with Gasteiger partial charge in [-0.1, -0.05) is 51.1 Å². The lowest BCUT2D eigenvalue weighted by Gasteiger charge is -2.27. The van der Waals surface area contributed by atoms with Crippen LogP contribution >= 0.6 is 22.9 Å². The maximum atomic E-state index is 12.0. The highest BCUT2D eigenvalue weighted by atomic mass is 35.5. The third-order valence-corrected chi connectivity index (χ3v) is 5.22. The summed E-state index contributed by atoms with van der Waals surface area (Å²) in [5, 5.41) is 1.72. The Morgan fingerprint density at radius 1 is 1.05 bits per heavy atom. The van der Waals surface area contributed by atoms with Crippen molar-refractivity contribution in [3.63, 3.8) is 0 Å². The van der Waals surface area contributed by atoms with Crippen molar-refractivity contribution in [2.24, 2.45) is 0 Å². The zero-order valence-electron chi connectivity index (χ0n) is 12.9. The molecule has 3 heteroatoms. The predicted octanol–water partition coefficient (Wildman–Crippen LogP) is 5.31. The number of hydrogen-bond donors (Lipinski definition) is 0. The summed E-state index contributed by atoms with van der Waals surface area (Å²) >= 11 is 7.59. The van der Waals surface area contributed by atoms with E-state index >= 15 is 0 Å². The van der Waals surface area contributed by atoms with Gasteiger partial charge in [0.2, 0.25) is 5.24 Å². The Labute approximate surface area is 136 Å². The van der Waals surface area contributed by atoms with E-state index in [9.17, 15) is 4.79 Å². The molecule has 0 N–H and O–H groups in total. The number of thiophene rings is 1. The summed E-state index contributed by atoms with van der Waals surface area (Å²) in [5.74, 6) is 0. The Hall–Kier alpha value is -1.12. The Morgan fingerprint density at radius 3 is 2.05 bits per heavy atom. The van der Waals surface area contributed by atoms with E-state index in [1.807, 2.05) is 36.6 Å². The van der Waals surface area contributed by atoms with Crippen molar-refractivity contribution in [3.05, 3.63) is 57.8 Å². The van der Waals surface area contributed by atoms with Crippen LogP contribution in [0.2, 0.25) is 0 Å². The van der Waals surface area contributed by atoms with Crippen molar-refractivity contribution in [1.29, 1.82) is 0 Å². The second-order valence-corrected chi connectivity index (χ2v) is 8.06. The molecule has 0 saturated heterocycles. The fourth-order valence-corrected chi connectivity index (χ4v) is 3.42. The molecule has 0 spiro atoms. The van der Waals surface area contributed by atoms with E-state index in [0.29, 0.717) is 6.42 Å². The molecule has 1 nitrogen and oxygen atoms in total. The van der Waals surface area contributed by atoms with Gasteiger partial charge >= 0.3 is 0 Å². The van der Waals surface area contributed by atoms with E-state index in [2.05, 4.69) is 32.9 Å². The fraction of sp³-hybridized carbons (Fsp3) is 0.389. The summed E-state index contributed by atoms with van der Waals surface area (Å²) in [6, 6.07) is 12.3. The minimum atomic E-state index is -0.678. The lowest BCUT2D eigenvalue weighted by molar-refractivity contribution is -0.116. The molecule has 1 aromatic carbocycles. The van der Waals surface area contributed by atoms with Gasteiger partial charge in [-0.25, -0.2) is 0 Å². The molecule has 0 fully saturated rings. The molecule has 0 aliphatic rings. The first-order chi connectivity index (χ1) is 9.73. The normalized spacial score (nSPS) is 14.7. The highest BCUT2D eigenvalue weighted by molar-refractivity contribution is 7.09. The molecule has 1 aromatic heterocycles. The molecular formula is C18H21ClOS. The number of benzene rings is 1. The van der Waals surface area contributed by atoms with E-state index in [-0.39, 0.29) is 10.7 Å². The second-order valence-electron chi connectivity index (χ2n) is 6.69. The van der Waals surface area contributed by atoms with Gasteiger partial charge in [-0.2, -0.15) is 0 Å². The molecule has 0 amide bonds. The standard InChI is InChI=1S/C18H21ClOS/c1-17(2,3)13-7-9-14(10-8-13)18(4,16(19)20)12-15-6-5-11-21-15/h5-11H,12H2,1-4H3. The number of rotatable bonds is 4. The topological polar surface area (TPSA) is 17.1 Å². The lowest BCUT2D eigenvalue weighted by Crippen LogP contribution is -2.31. The van der Waals surface area contributed by atoms with Crippen LogP contribution in [0.5, 0.6) is 0 Å². The largest absolute Gasteiger partial charge is 0.280 e. The van der Waals surface area contributed by atoms with Gasteiger partial charge in [0.25, 0.3) is 0 Å². The van der Waals surface area contributed by atoms with Crippen LogP contribution in [0.1, 0.15) is 43.7 Å². The summed E-state index contributed by atoms with van der Waals surface area (Å²) in [7, 11) is 0. The molecule has 0 bridgehead atoms. The Balaban J connectivity index is 2.36. The van der Waals surface area contributed by atoms with Crippen molar-refractivity contribution in [2.75, 3.05) is 0 Å². The van der Waals surface area contributed by atoms with E-state index in [1.54, 1.807) is 11.3 Å². The van der Waals surface area contributed by atoms with Crippen LogP contribution in [-0.2, 0) is 22.0 Å². The Kier molecular flexibility index (Phi) is 4.60. The number of carbonyl (C=O) groups is 1. The maximum absolute atomic E-state index is 12.0. The van der Waals surface area contributed by atoms with Crippen LogP contribution in [-0.4, -0.2) is 5.24 Å². The molecule has 0 saturated carbocycles. The maximum Gasteiger partial charge on any atom is 0.232 e. The van der Waals surface area contributed by atoms with Gasteiger partial charge in [0.05, 0.1) is 5.41 Å². The van der Waals surface area contributed by atoms with Crippen LogP contribution in [0.15, 0.2) is 41.8 Å². The second kappa shape index (κ2) is 5.94. The Morgan fingerprint density at radius 2 is 1.62 bits per heavy atom. The van der Waals surface area contributed by atoms with Gasteiger partial charge in [-0.15, -0.1) is 11.3 Å². The SMILES string of the molecule is CC(C)(C)c1ccc(C(C)(Cc2cccs2)C(=O)Cl)cc1. The average molecular weight is 321 g/mol. The van der Waals surface area contributed by atoms with Crippen molar-refractivity contribution < 1.29 is 4.79 Å². The predicted molar refractivity (Wildman–Crippen MR) is 91.4 cm³/mol. The highest BCUT2D eigenvalue weighted by Crippen LogP contribution is 2.33. The van der Waals surface area contributed by atoms with Crippen LogP contribution in [0.3, 0.4) is 0 Å².